The largest absolute Gasteiger partial charge is 0.468 e. The molecule has 6 heteroatoms. The van der Waals surface area contributed by atoms with E-state index < -0.39 is 5.82 Å². The lowest BCUT2D eigenvalue weighted by Crippen LogP contribution is -2.28. The van der Waals surface area contributed by atoms with Crippen LogP contribution in [0.1, 0.15) is 11.3 Å². The monoisotopic (exact) mass is 327 g/mol. The third kappa shape index (κ3) is 4.51. The summed E-state index contributed by atoms with van der Waals surface area (Å²) in [7, 11) is 1.64. The molecule has 2 rings (SSSR count). The van der Waals surface area contributed by atoms with E-state index in [4.69, 9.17) is 16.0 Å². The first kappa shape index (κ1) is 15.9. The summed E-state index contributed by atoms with van der Waals surface area (Å²) in [5.74, 6) is 1.29. The van der Waals surface area contributed by atoms with E-state index >= 15 is 0 Å². The Balaban J connectivity index is 1.85. The maximum atomic E-state index is 13.7. The Morgan fingerprint density at radius 3 is 2.86 bits per heavy atom. The zero-order chi connectivity index (χ0) is 15.2. The smallest absolute Gasteiger partial charge is 0.232 e. The average Bonchev–Trinajstić information content (AvgIpc) is 2.96. The van der Waals surface area contributed by atoms with Gasteiger partial charge in [-0.2, -0.15) is 0 Å². The molecule has 3 nitrogen and oxygen atoms in total. The van der Waals surface area contributed by atoms with Gasteiger partial charge in [-0.25, -0.2) is 4.39 Å². The Morgan fingerprint density at radius 2 is 2.19 bits per heavy atom. The molecule has 0 radical (unpaired) electrons. The van der Waals surface area contributed by atoms with Crippen LogP contribution in [0, 0.1) is 5.82 Å². The Bertz CT molecular complexity index is 583. The van der Waals surface area contributed by atoms with Gasteiger partial charge in [0.25, 0.3) is 0 Å². The fourth-order valence-corrected chi connectivity index (χ4v) is 2.84. The highest BCUT2D eigenvalue weighted by Gasteiger charge is 2.14. The van der Waals surface area contributed by atoms with Gasteiger partial charge in [-0.3, -0.25) is 4.79 Å². The van der Waals surface area contributed by atoms with E-state index in [2.05, 4.69) is 0 Å². The van der Waals surface area contributed by atoms with E-state index in [1.54, 1.807) is 25.4 Å². The van der Waals surface area contributed by atoms with Crippen molar-refractivity contribution in [2.75, 3.05) is 12.8 Å². The highest BCUT2D eigenvalue weighted by Crippen LogP contribution is 2.21. The average molecular weight is 328 g/mol. The molecule has 112 valence electrons. The second-order valence-electron chi connectivity index (χ2n) is 4.52. The van der Waals surface area contributed by atoms with Crippen molar-refractivity contribution in [2.24, 2.45) is 0 Å². The van der Waals surface area contributed by atoms with Crippen LogP contribution in [0.25, 0.3) is 0 Å². The first-order chi connectivity index (χ1) is 10.1. The lowest BCUT2D eigenvalue weighted by Gasteiger charge is -2.18. The second kappa shape index (κ2) is 7.52. The van der Waals surface area contributed by atoms with Crippen molar-refractivity contribution in [1.82, 2.24) is 4.90 Å². The number of carbonyl (C=O) groups excluding carboxylic acids is 1. The van der Waals surface area contributed by atoms with Crippen LogP contribution in [0.2, 0.25) is 5.02 Å². The molecule has 0 saturated carbocycles. The van der Waals surface area contributed by atoms with Crippen LogP contribution < -0.4 is 0 Å². The van der Waals surface area contributed by atoms with Crippen LogP contribution in [0.4, 0.5) is 4.39 Å². The van der Waals surface area contributed by atoms with E-state index in [-0.39, 0.29) is 12.5 Å². The molecule has 0 aliphatic carbocycles. The number of halogens is 2. The first-order valence-corrected chi connectivity index (χ1v) is 7.88. The SMILES string of the molecule is CN(Cc1c(F)cccc1Cl)C(=O)CSCc1ccco1. The standard InChI is InChI=1S/C15H15ClFNO2S/c1-18(8-12-13(16)5-2-6-14(12)17)15(19)10-21-9-11-4-3-7-20-11/h2-7H,8-10H2,1H3. The zero-order valence-corrected chi connectivity index (χ0v) is 13.1. The lowest BCUT2D eigenvalue weighted by atomic mass is 10.2. The summed E-state index contributed by atoms with van der Waals surface area (Å²) in [6.45, 7) is 0.158. The van der Waals surface area contributed by atoms with Crippen molar-refractivity contribution < 1.29 is 13.6 Å². The normalized spacial score (nSPS) is 10.6. The Morgan fingerprint density at radius 1 is 1.38 bits per heavy atom. The van der Waals surface area contributed by atoms with E-state index in [0.29, 0.717) is 22.1 Å². The molecule has 0 aliphatic heterocycles. The Kier molecular flexibility index (Phi) is 5.70. The lowest BCUT2D eigenvalue weighted by molar-refractivity contribution is -0.127. The van der Waals surface area contributed by atoms with Gasteiger partial charge in [-0.05, 0) is 24.3 Å². The highest BCUT2D eigenvalue weighted by molar-refractivity contribution is 7.99. The number of carbonyl (C=O) groups is 1. The zero-order valence-electron chi connectivity index (χ0n) is 11.5. The molecular weight excluding hydrogens is 313 g/mol. The maximum absolute atomic E-state index is 13.7. The number of furan rings is 1. The van der Waals surface area contributed by atoms with Gasteiger partial charge in [0, 0.05) is 24.2 Å². The Hall–Kier alpha value is -1.46. The molecule has 0 spiro atoms. The predicted molar refractivity (Wildman–Crippen MR) is 82.8 cm³/mol. The molecule has 21 heavy (non-hydrogen) atoms. The molecule has 0 aliphatic rings. The van der Waals surface area contributed by atoms with Gasteiger partial charge < -0.3 is 9.32 Å². The number of nitrogens with zero attached hydrogens (tertiary/aromatic N) is 1. The minimum atomic E-state index is -0.398. The summed E-state index contributed by atoms with van der Waals surface area (Å²) in [5, 5.41) is 0.331. The number of benzene rings is 1. The fraction of sp³-hybridized carbons (Fsp3) is 0.267. The molecule has 2 aromatic rings. The van der Waals surface area contributed by atoms with E-state index in [1.165, 1.54) is 22.7 Å². The minimum Gasteiger partial charge on any atom is -0.468 e. The van der Waals surface area contributed by atoms with Gasteiger partial charge in [0.05, 0.1) is 17.8 Å². The van der Waals surface area contributed by atoms with E-state index in [1.807, 2.05) is 12.1 Å². The fourth-order valence-electron chi connectivity index (χ4n) is 1.75. The van der Waals surface area contributed by atoms with Gasteiger partial charge in [0.15, 0.2) is 0 Å². The summed E-state index contributed by atoms with van der Waals surface area (Å²) in [5.41, 5.74) is 0.339. The van der Waals surface area contributed by atoms with Gasteiger partial charge in [-0.15, -0.1) is 11.8 Å². The molecule has 0 bridgehead atoms. The number of thioether (sulfide) groups is 1. The number of rotatable bonds is 6. The molecule has 0 N–H and O–H groups in total. The molecule has 0 saturated heterocycles. The van der Waals surface area contributed by atoms with E-state index in [0.717, 1.165) is 5.76 Å². The van der Waals surface area contributed by atoms with Crippen LogP contribution in [-0.4, -0.2) is 23.6 Å². The summed E-state index contributed by atoms with van der Waals surface area (Å²) < 4.78 is 18.9. The molecule has 1 amide bonds. The van der Waals surface area contributed by atoms with Crippen LogP contribution in [0.5, 0.6) is 0 Å². The van der Waals surface area contributed by atoms with Gasteiger partial charge >= 0.3 is 0 Å². The second-order valence-corrected chi connectivity index (χ2v) is 5.91. The third-order valence-electron chi connectivity index (χ3n) is 2.93. The molecule has 1 heterocycles. The number of hydrogen-bond donors (Lipinski definition) is 0. The molecular formula is C15H15ClFNO2S. The number of hydrogen-bond acceptors (Lipinski definition) is 3. The topological polar surface area (TPSA) is 33.5 Å². The minimum absolute atomic E-state index is 0.0779. The summed E-state index contributed by atoms with van der Waals surface area (Å²) >= 11 is 7.41. The quantitative estimate of drug-likeness (QED) is 0.805. The molecule has 0 fully saturated rings. The van der Waals surface area contributed by atoms with Gasteiger partial charge in [0.2, 0.25) is 5.91 Å². The van der Waals surface area contributed by atoms with E-state index in [9.17, 15) is 9.18 Å². The molecule has 0 atom stereocenters. The maximum Gasteiger partial charge on any atom is 0.232 e. The molecule has 0 unspecified atom stereocenters. The predicted octanol–water partition coefficient (Wildman–Crippen LogP) is 3.96. The molecule has 1 aromatic heterocycles. The van der Waals surface area contributed by atoms with Crippen LogP contribution in [-0.2, 0) is 17.1 Å². The number of amides is 1. The van der Waals surface area contributed by atoms with Crippen LogP contribution in [0.3, 0.4) is 0 Å². The van der Waals surface area contributed by atoms with Crippen molar-refractivity contribution in [1.29, 1.82) is 0 Å². The Labute approximate surface area is 132 Å². The van der Waals surface area contributed by atoms with Crippen LogP contribution >= 0.6 is 23.4 Å². The van der Waals surface area contributed by atoms with Gasteiger partial charge in [-0.1, -0.05) is 17.7 Å². The van der Waals surface area contributed by atoms with Crippen molar-refractivity contribution >= 4 is 29.3 Å². The van der Waals surface area contributed by atoms with Crippen LogP contribution in [0.15, 0.2) is 41.0 Å². The summed E-state index contributed by atoms with van der Waals surface area (Å²) in [4.78, 5) is 13.5. The third-order valence-corrected chi connectivity index (χ3v) is 4.23. The molecule has 1 aromatic carbocycles. The van der Waals surface area contributed by atoms with Crippen molar-refractivity contribution in [3.8, 4) is 0 Å². The summed E-state index contributed by atoms with van der Waals surface area (Å²) in [6, 6.07) is 8.17. The first-order valence-electron chi connectivity index (χ1n) is 6.35. The summed E-state index contributed by atoms with van der Waals surface area (Å²) in [6.07, 6.45) is 1.60. The van der Waals surface area contributed by atoms with Crippen molar-refractivity contribution in [3.05, 3.63) is 58.8 Å². The van der Waals surface area contributed by atoms with Gasteiger partial charge in [0.1, 0.15) is 11.6 Å². The highest BCUT2D eigenvalue weighted by atomic mass is 35.5. The van der Waals surface area contributed by atoms with Crippen molar-refractivity contribution in [2.45, 2.75) is 12.3 Å². The van der Waals surface area contributed by atoms with Crippen molar-refractivity contribution in [3.63, 3.8) is 0 Å².